The summed E-state index contributed by atoms with van der Waals surface area (Å²) in [5.74, 6) is 2.94. The van der Waals surface area contributed by atoms with Crippen LogP contribution in [0.2, 0.25) is 0 Å². The van der Waals surface area contributed by atoms with Crippen molar-refractivity contribution in [3.63, 3.8) is 0 Å². The van der Waals surface area contributed by atoms with E-state index in [-0.39, 0.29) is 6.04 Å². The molecule has 2 aromatic rings. The Morgan fingerprint density at radius 3 is 2.59 bits per heavy atom. The van der Waals surface area contributed by atoms with Crippen molar-refractivity contribution in [3.05, 3.63) is 46.8 Å². The molecule has 0 fully saturated rings. The first-order valence-electron chi connectivity index (χ1n) is 5.91. The molecule has 2 heterocycles. The van der Waals surface area contributed by atoms with Crippen LogP contribution < -0.4 is 5.32 Å². The van der Waals surface area contributed by atoms with Crippen molar-refractivity contribution in [2.75, 3.05) is 0 Å². The number of hydrogen-bond donors (Lipinski definition) is 1. The zero-order valence-corrected chi connectivity index (χ0v) is 10.8. The molecule has 0 aliphatic rings. The summed E-state index contributed by atoms with van der Waals surface area (Å²) in [7, 11) is 0. The van der Waals surface area contributed by atoms with Crippen molar-refractivity contribution in [2.45, 2.75) is 40.3 Å². The van der Waals surface area contributed by atoms with Crippen LogP contribution in [-0.4, -0.2) is 0 Å². The van der Waals surface area contributed by atoms with Gasteiger partial charge in [-0.25, -0.2) is 0 Å². The Bertz CT molecular complexity index is 496. The number of nitrogens with one attached hydrogen (secondary N) is 1. The first-order chi connectivity index (χ1) is 8.08. The third-order valence-corrected chi connectivity index (χ3v) is 3.08. The number of rotatable bonds is 4. The van der Waals surface area contributed by atoms with Gasteiger partial charge in [-0.05, 0) is 45.4 Å². The second-order valence-corrected chi connectivity index (χ2v) is 4.50. The van der Waals surface area contributed by atoms with Gasteiger partial charge in [0.15, 0.2) is 0 Å². The van der Waals surface area contributed by atoms with E-state index in [1.165, 1.54) is 11.1 Å². The zero-order valence-electron chi connectivity index (χ0n) is 10.8. The van der Waals surface area contributed by atoms with E-state index in [1.807, 2.05) is 19.9 Å². The molecule has 1 unspecified atom stereocenters. The largest absolute Gasteiger partial charge is 0.468 e. The highest BCUT2D eigenvalue weighted by Gasteiger charge is 2.13. The molecule has 0 amide bonds. The van der Waals surface area contributed by atoms with E-state index in [4.69, 9.17) is 8.83 Å². The third-order valence-electron chi connectivity index (χ3n) is 3.08. The SMILES string of the molecule is Cc1cc(C(C)NCc2occc2C)c(C)o1. The first kappa shape index (κ1) is 12.0. The van der Waals surface area contributed by atoms with Crippen LogP contribution in [0.15, 0.2) is 27.2 Å². The van der Waals surface area contributed by atoms with Gasteiger partial charge >= 0.3 is 0 Å². The second-order valence-electron chi connectivity index (χ2n) is 4.50. The van der Waals surface area contributed by atoms with Crippen molar-refractivity contribution in [3.8, 4) is 0 Å². The van der Waals surface area contributed by atoms with Crippen molar-refractivity contribution in [2.24, 2.45) is 0 Å². The fourth-order valence-corrected chi connectivity index (χ4v) is 2.02. The van der Waals surface area contributed by atoms with E-state index in [0.29, 0.717) is 0 Å². The molecule has 0 aromatic carbocycles. The van der Waals surface area contributed by atoms with Gasteiger partial charge in [-0.2, -0.15) is 0 Å². The molecular weight excluding hydrogens is 214 g/mol. The van der Waals surface area contributed by atoms with Gasteiger partial charge in [-0.15, -0.1) is 0 Å². The second kappa shape index (κ2) is 4.80. The van der Waals surface area contributed by atoms with Crippen LogP contribution in [-0.2, 0) is 6.54 Å². The summed E-state index contributed by atoms with van der Waals surface area (Å²) in [6.45, 7) is 8.90. The lowest BCUT2D eigenvalue weighted by Crippen LogP contribution is -2.18. The van der Waals surface area contributed by atoms with Crippen LogP contribution in [0, 0.1) is 20.8 Å². The molecule has 2 rings (SSSR count). The quantitative estimate of drug-likeness (QED) is 0.876. The Kier molecular flexibility index (Phi) is 3.38. The fourth-order valence-electron chi connectivity index (χ4n) is 2.02. The van der Waals surface area contributed by atoms with Crippen LogP contribution in [0.4, 0.5) is 0 Å². The fraction of sp³-hybridized carbons (Fsp3) is 0.429. The number of furan rings is 2. The topological polar surface area (TPSA) is 38.3 Å². The molecule has 2 aromatic heterocycles. The molecular formula is C14H19NO2. The number of hydrogen-bond acceptors (Lipinski definition) is 3. The van der Waals surface area contributed by atoms with Gasteiger partial charge in [-0.1, -0.05) is 0 Å². The van der Waals surface area contributed by atoms with E-state index in [0.717, 1.165) is 23.8 Å². The Morgan fingerprint density at radius 1 is 1.29 bits per heavy atom. The molecule has 0 aliphatic heterocycles. The van der Waals surface area contributed by atoms with E-state index >= 15 is 0 Å². The molecule has 0 saturated heterocycles. The summed E-state index contributed by atoms with van der Waals surface area (Å²) in [5, 5.41) is 3.44. The van der Waals surface area contributed by atoms with Gasteiger partial charge < -0.3 is 14.2 Å². The summed E-state index contributed by atoms with van der Waals surface area (Å²) >= 11 is 0. The van der Waals surface area contributed by atoms with Gasteiger partial charge in [-0.3, -0.25) is 0 Å². The molecule has 3 nitrogen and oxygen atoms in total. The summed E-state index contributed by atoms with van der Waals surface area (Å²) in [6.07, 6.45) is 1.73. The average molecular weight is 233 g/mol. The van der Waals surface area contributed by atoms with Gasteiger partial charge in [0, 0.05) is 11.6 Å². The lowest BCUT2D eigenvalue weighted by atomic mass is 10.1. The predicted octanol–water partition coefficient (Wildman–Crippen LogP) is 3.65. The van der Waals surface area contributed by atoms with Crippen LogP contribution in [0.1, 0.15) is 41.4 Å². The Balaban J connectivity index is 2.00. The van der Waals surface area contributed by atoms with Crippen LogP contribution in [0.25, 0.3) is 0 Å². The summed E-state index contributed by atoms with van der Waals surface area (Å²) in [4.78, 5) is 0. The summed E-state index contributed by atoms with van der Waals surface area (Å²) in [5.41, 5.74) is 2.40. The third kappa shape index (κ3) is 2.61. The number of aryl methyl sites for hydroxylation is 3. The minimum absolute atomic E-state index is 0.261. The minimum Gasteiger partial charge on any atom is -0.468 e. The normalized spacial score (nSPS) is 12.9. The monoisotopic (exact) mass is 233 g/mol. The van der Waals surface area contributed by atoms with Gasteiger partial charge in [0.05, 0.1) is 12.8 Å². The van der Waals surface area contributed by atoms with Crippen LogP contribution >= 0.6 is 0 Å². The molecule has 0 spiro atoms. The smallest absolute Gasteiger partial charge is 0.120 e. The predicted molar refractivity (Wildman–Crippen MR) is 66.9 cm³/mol. The highest BCUT2D eigenvalue weighted by Crippen LogP contribution is 2.21. The molecule has 1 N–H and O–H groups in total. The molecule has 92 valence electrons. The molecule has 0 radical (unpaired) electrons. The van der Waals surface area contributed by atoms with E-state index in [2.05, 4.69) is 25.2 Å². The van der Waals surface area contributed by atoms with Crippen LogP contribution in [0.3, 0.4) is 0 Å². The maximum absolute atomic E-state index is 5.53. The van der Waals surface area contributed by atoms with Gasteiger partial charge in [0.1, 0.15) is 17.3 Å². The van der Waals surface area contributed by atoms with E-state index in [1.54, 1.807) is 6.26 Å². The molecule has 17 heavy (non-hydrogen) atoms. The van der Waals surface area contributed by atoms with Gasteiger partial charge in [0.25, 0.3) is 0 Å². The Labute approximate surface area is 102 Å². The lowest BCUT2D eigenvalue weighted by Gasteiger charge is -2.12. The Hall–Kier alpha value is -1.48. The van der Waals surface area contributed by atoms with Gasteiger partial charge in [0.2, 0.25) is 0 Å². The van der Waals surface area contributed by atoms with Crippen molar-refractivity contribution >= 4 is 0 Å². The molecule has 0 aliphatic carbocycles. The summed E-state index contributed by atoms with van der Waals surface area (Å²) in [6, 6.07) is 4.33. The van der Waals surface area contributed by atoms with E-state index < -0.39 is 0 Å². The molecule has 0 bridgehead atoms. The van der Waals surface area contributed by atoms with Crippen molar-refractivity contribution in [1.29, 1.82) is 0 Å². The highest BCUT2D eigenvalue weighted by atomic mass is 16.3. The van der Waals surface area contributed by atoms with Crippen LogP contribution in [0.5, 0.6) is 0 Å². The maximum Gasteiger partial charge on any atom is 0.120 e. The minimum atomic E-state index is 0.261. The van der Waals surface area contributed by atoms with Crippen molar-refractivity contribution < 1.29 is 8.83 Å². The maximum atomic E-state index is 5.53. The molecule has 3 heteroatoms. The molecule has 1 atom stereocenters. The summed E-state index contributed by atoms with van der Waals surface area (Å²) < 4.78 is 10.9. The van der Waals surface area contributed by atoms with E-state index in [9.17, 15) is 0 Å². The standard InChI is InChI=1S/C14H19NO2/c1-9-5-6-16-14(9)8-15-11(3)13-7-10(2)17-12(13)4/h5-7,11,15H,8H2,1-4H3. The van der Waals surface area contributed by atoms with Crippen molar-refractivity contribution in [1.82, 2.24) is 5.32 Å². The highest BCUT2D eigenvalue weighted by molar-refractivity contribution is 5.23. The lowest BCUT2D eigenvalue weighted by molar-refractivity contribution is 0.451. The average Bonchev–Trinajstić information content (AvgIpc) is 2.81. The Morgan fingerprint density at radius 2 is 2.06 bits per heavy atom. The first-order valence-corrected chi connectivity index (χ1v) is 5.91. The zero-order chi connectivity index (χ0) is 12.4. The molecule has 0 saturated carbocycles.